The van der Waals surface area contributed by atoms with Gasteiger partial charge in [-0.15, -0.1) is 0 Å². The van der Waals surface area contributed by atoms with E-state index in [0.717, 1.165) is 6.07 Å². The number of primary amides is 1. The fourth-order valence-corrected chi connectivity index (χ4v) is 3.72. The van der Waals surface area contributed by atoms with E-state index < -0.39 is 40.9 Å². The molecule has 1 saturated heterocycles. The number of rotatable bonds is 6. The quantitative estimate of drug-likeness (QED) is 0.619. The smallest absolute Gasteiger partial charge is 0.411 e. The summed E-state index contributed by atoms with van der Waals surface area (Å²) in [6.07, 6.45) is -0.0459. The van der Waals surface area contributed by atoms with Gasteiger partial charge in [0.1, 0.15) is 23.2 Å². The minimum absolute atomic E-state index is 0.0142. The monoisotopic (exact) mass is 470 g/mol. The van der Waals surface area contributed by atoms with Crippen molar-refractivity contribution < 1.29 is 28.2 Å². The van der Waals surface area contributed by atoms with E-state index in [0.29, 0.717) is 12.5 Å². The average molecular weight is 471 g/mol. The fourth-order valence-electron chi connectivity index (χ4n) is 3.23. The minimum atomic E-state index is -0.870. The molecule has 169 valence electrons. The number of amides is 3. The second-order valence-electron chi connectivity index (χ2n) is 8.43. The molecule has 0 aromatic heterocycles. The van der Waals surface area contributed by atoms with Gasteiger partial charge < -0.3 is 20.5 Å². The molecule has 2 atom stereocenters. The number of carbonyl (C=O) groups excluding carboxylic acids is 3. The number of likely N-dealkylation sites (tertiary alicyclic amines) is 1. The summed E-state index contributed by atoms with van der Waals surface area (Å²) >= 11 is 5.63. The molecule has 8 nitrogen and oxygen atoms in total. The standard InChI is InChI=1S/C20H26ClFN3O5Si/c1-19(2,3)30-18(28)25-10-20(11-31,7-6-15(25)17(23)27)24-16(26)9-29-12-4-5-13(21)14(22)8-12/h4-5,8,15H,6-7,9-11H2,1-3H3,(H2,23,27)(H,24,26)/t15-,20+/m1/s1. The van der Waals surface area contributed by atoms with Crippen molar-refractivity contribution in [2.75, 3.05) is 13.2 Å². The first-order valence-electron chi connectivity index (χ1n) is 9.68. The highest BCUT2D eigenvalue weighted by atomic mass is 35.5. The first-order chi connectivity index (χ1) is 14.4. The van der Waals surface area contributed by atoms with Gasteiger partial charge in [-0.05, 0) is 51.8 Å². The van der Waals surface area contributed by atoms with Crippen molar-refractivity contribution in [1.82, 2.24) is 10.2 Å². The van der Waals surface area contributed by atoms with Gasteiger partial charge in [-0.1, -0.05) is 11.6 Å². The highest BCUT2D eigenvalue weighted by molar-refractivity contribution is 6.30. The van der Waals surface area contributed by atoms with Crippen LogP contribution in [0, 0.1) is 5.82 Å². The van der Waals surface area contributed by atoms with E-state index in [4.69, 9.17) is 26.8 Å². The lowest BCUT2D eigenvalue weighted by molar-refractivity contribution is -0.128. The van der Waals surface area contributed by atoms with Gasteiger partial charge in [0.05, 0.1) is 10.6 Å². The molecule has 31 heavy (non-hydrogen) atoms. The third-order valence-electron chi connectivity index (χ3n) is 4.71. The highest BCUT2D eigenvalue weighted by Crippen LogP contribution is 2.30. The number of nitrogens with one attached hydrogen (secondary N) is 1. The molecule has 1 heterocycles. The molecule has 1 aliphatic heterocycles. The van der Waals surface area contributed by atoms with Gasteiger partial charge in [-0.3, -0.25) is 14.5 Å². The Morgan fingerprint density at radius 2 is 2.06 bits per heavy atom. The topological polar surface area (TPSA) is 111 Å². The van der Waals surface area contributed by atoms with Gasteiger partial charge in [0, 0.05) is 22.9 Å². The van der Waals surface area contributed by atoms with E-state index in [2.05, 4.69) is 15.6 Å². The summed E-state index contributed by atoms with van der Waals surface area (Å²) in [5.41, 5.74) is 3.84. The van der Waals surface area contributed by atoms with Crippen molar-refractivity contribution in [1.29, 1.82) is 0 Å². The van der Waals surface area contributed by atoms with Gasteiger partial charge in [0.15, 0.2) is 6.61 Å². The van der Waals surface area contributed by atoms with Crippen LogP contribution in [0.2, 0.25) is 11.1 Å². The minimum Gasteiger partial charge on any atom is -0.484 e. The van der Waals surface area contributed by atoms with E-state index >= 15 is 0 Å². The maximum absolute atomic E-state index is 13.5. The summed E-state index contributed by atoms with van der Waals surface area (Å²) in [5, 5.41) is 2.80. The molecule has 0 bridgehead atoms. The largest absolute Gasteiger partial charge is 0.484 e. The van der Waals surface area contributed by atoms with Gasteiger partial charge in [0.25, 0.3) is 5.91 Å². The lowest BCUT2D eigenvalue weighted by Crippen LogP contribution is -2.65. The van der Waals surface area contributed by atoms with Crippen LogP contribution in [0.5, 0.6) is 5.75 Å². The molecule has 2 rings (SSSR count). The summed E-state index contributed by atoms with van der Waals surface area (Å²) in [7, 11) is 3.45. The van der Waals surface area contributed by atoms with E-state index in [1.165, 1.54) is 17.0 Å². The Morgan fingerprint density at radius 3 is 2.61 bits per heavy atom. The molecular weight excluding hydrogens is 445 g/mol. The Kier molecular flexibility index (Phi) is 7.93. The summed E-state index contributed by atoms with van der Waals surface area (Å²) in [6.45, 7) is 4.78. The van der Waals surface area contributed by atoms with Crippen LogP contribution in [0.1, 0.15) is 33.6 Å². The third-order valence-corrected chi connectivity index (χ3v) is 5.69. The maximum atomic E-state index is 13.5. The molecule has 0 spiro atoms. The van der Waals surface area contributed by atoms with Gasteiger partial charge in [-0.25, -0.2) is 9.18 Å². The summed E-state index contributed by atoms with van der Waals surface area (Å²) in [5.74, 6) is -1.63. The zero-order chi connectivity index (χ0) is 23.4. The van der Waals surface area contributed by atoms with Crippen molar-refractivity contribution >= 4 is 39.8 Å². The number of nitrogens with two attached hydrogens (primary N) is 1. The number of carbonyl (C=O) groups is 3. The lowest BCUT2D eigenvalue weighted by atomic mass is 9.86. The maximum Gasteiger partial charge on any atom is 0.411 e. The third kappa shape index (κ3) is 6.83. The number of benzene rings is 1. The summed E-state index contributed by atoms with van der Waals surface area (Å²) in [6, 6.07) is 3.32. The highest BCUT2D eigenvalue weighted by Gasteiger charge is 2.44. The zero-order valence-corrected chi connectivity index (χ0v) is 19.4. The van der Waals surface area contributed by atoms with Crippen LogP contribution in [0.15, 0.2) is 18.2 Å². The molecule has 3 amide bonds. The molecule has 3 N–H and O–H groups in total. The molecule has 1 aromatic rings. The first kappa shape index (κ1) is 24.9. The summed E-state index contributed by atoms with van der Waals surface area (Å²) < 4.78 is 24.3. The molecule has 0 unspecified atom stereocenters. The zero-order valence-electron chi connectivity index (χ0n) is 17.7. The normalized spacial score (nSPS) is 21.4. The van der Waals surface area contributed by atoms with Crippen molar-refractivity contribution in [3.05, 3.63) is 29.0 Å². The van der Waals surface area contributed by atoms with Gasteiger partial charge in [0.2, 0.25) is 5.91 Å². The Bertz CT molecular complexity index is 851. The van der Waals surface area contributed by atoms with Crippen LogP contribution >= 0.6 is 11.6 Å². The van der Waals surface area contributed by atoms with E-state index in [-0.39, 0.29) is 30.3 Å². The van der Waals surface area contributed by atoms with Crippen molar-refractivity contribution in [2.24, 2.45) is 5.73 Å². The van der Waals surface area contributed by atoms with Crippen molar-refractivity contribution in [3.8, 4) is 5.75 Å². The SMILES string of the molecule is CC(C)(C)OC(=O)N1C[C@@](C[Si])(NC(=O)COc2ccc(Cl)c(F)c2)CC[C@@H]1C(N)=O. The molecule has 1 aliphatic rings. The van der Waals surface area contributed by atoms with E-state index in [1.54, 1.807) is 20.8 Å². The predicted octanol–water partition coefficient (Wildman–Crippen LogP) is 2.18. The van der Waals surface area contributed by atoms with E-state index in [1.807, 2.05) is 0 Å². The number of nitrogens with zero attached hydrogens (tertiary/aromatic N) is 1. The molecule has 0 saturated carbocycles. The van der Waals surface area contributed by atoms with Crippen LogP contribution in [0.3, 0.4) is 0 Å². The summed E-state index contributed by atoms with van der Waals surface area (Å²) in [4.78, 5) is 38.3. The van der Waals surface area contributed by atoms with Crippen molar-refractivity contribution in [2.45, 2.75) is 56.8 Å². The van der Waals surface area contributed by atoms with Gasteiger partial charge in [-0.2, -0.15) is 0 Å². The molecule has 1 aromatic carbocycles. The first-order valence-corrected chi connectivity index (χ1v) is 10.8. The van der Waals surface area contributed by atoms with Crippen LogP contribution in [-0.2, 0) is 14.3 Å². The second kappa shape index (κ2) is 9.86. The van der Waals surface area contributed by atoms with Crippen LogP contribution in [0.25, 0.3) is 0 Å². The van der Waals surface area contributed by atoms with Gasteiger partial charge >= 0.3 is 6.09 Å². The van der Waals surface area contributed by atoms with E-state index in [9.17, 15) is 18.8 Å². The van der Waals surface area contributed by atoms with Crippen LogP contribution in [0.4, 0.5) is 9.18 Å². The fraction of sp³-hybridized carbons (Fsp3) is 0.550. The Labute approximate surface area is 189 Å². The molecule has 0 aliphatic carbocycles. The van der Waals surface area contributed by atoms with Crippen LogP contribution in [-0.4, -0.2) is 63.4 Å². The second-order valence-corrected chi connectivity index (χ2v) is 9.20. The molecule has 11 heteroatoms. The number of hydrogen-bond acceptors (Lipinski definition) is 5. The Hall–Kier alpha value is -2.33. The lowest BCUT2D eigenvalue weighted by Gasteiger charge is -2.46. The number of ether oxygens (including phenoxy) is 2. The number of hydrogen-bond donors (Lipinski definition) is 2. The molecule has 3 radical (unpaired) electrons. The number of halogens is 2. The van der Waals surface area contributed by atoms with Crippen molar-refractivity contribution in [3.63, 3.8) is 0 Å². The Morgan fingerprint density at radius 1 is 1.39 bits per heavy atom. The van der Waals surface area contributed by atoms with Crippen LogP contribution < -0.4 is 15.8 Å². The molecular formula is C20H26ClFN3O5Si. The Balaban J connectivity index is 2.09. The average Bonchev–Trinajstić information content (AvgIpc) is 2.67. The number of piperidine rings is 1. The predicted molar refractivity (Wildman–Crippen MR) is 113 cm³/mol. The molecule has 1 fully saturated rings.